The van der Waals surface area contributed by atoms with E-state index in [1.54, 1.807) is 0 Å². The molecule has 1 saturated carbocycles. The second-order valence-corrected chi connectivity index (χ2v) is 10.6. The topological polar surface area (TPSA) is 26.3 Å². The number of carbonyl (C=O) groups excluding carboxylic acids is 1. The molecule has 29 heavy (non-hydrogen) atoms. The minimum absolute atomic E-state index is 0.0639. The highest BCUT2D eigenvalue weighted by molar-refractivity contribution is 5.90. The van der Waals surface area contributed by atoms with Gasteiger partial charge in [0.2, 0.25) is 0 Å². The van der Waals surface area contributed by atoms with E-state index < -0.39 is 0 Å². The molecule has 0 N–H and O–H groups in total. The first-order valence-corrected chi connectivity index (χ1v) is 11.3. The Morgan fingerprint density at radius 3 is 2.55 bits per heavy atom. The molecular formula is C27H36O2. The van der Waals surface area contributed by atoms with Crippen LogP contribution in [0.2, 0.25) is 0 Å². The van der Waals surface area contributed by atoms with Crippen LogP contribution in [0, 0.1) is 34.5 Å². The first kappa shape index (κ1) is 20.6. The van der Waals surface area contributed by atoms with Gasteiger partial charge in [0.1, 0.15) is 5.78 Å². The van der Waals surface area contributed by atoms with Gasteiger partial charge in [-0.2, -0.15) is 0 Å². The van der Waals surface area contributed by atoms with Crippen molar-refractivity contribution in [1.29, 1.82) is 0 Å². The van der Waals surface area contributed by atoms with Crippen molar-refractivity contribution in [3.8, 4) is 0 Å². The Balaban J connectivity index is 1.62. The van der Waals surface area contributed by atoms with Crippen LogP contribution in [0.4, 0.5) is 0 Å². The Bertz CT molecular complexity index is 818. The van der Waals surface area contributed by atoms with E-state index in [-0.39, 0.29) is 28.8 Å². The van der Waals surface area contributed by atoms with Gasteiger partial charge in [0.15, 0.2) is 0 Å². The largest absolute Gasteiger partial charge is 0.373 e. The van der Waals surface area contributed by atoms with Crippen LogP contribution in [0.1, 0.15) is 59.4 Å². The number of hydrogen-bond donors (Lipinski definition) is 0. The summed E-state index contributed by atoms with van der Waals surface area (Å²) in [6.45, 7) is 11.9. The van der Waals surface area contributed by atoms with Gasteiger partial charge >= 0.3 is 0 Å². The van der Waals surface area contributed by atoms with Crippen LogP contribution in [-0.2, 0) is 16.1 Å². The van der Waals surface area contributed by atoms with Gasteiger partial charge in [0.05, 0.1) is 12.7 Å². The summed E-state index contributed by atoms with van der Waals surface area (Å²) in [6, 6.07) is 10.4. The summed E-state index contributed by atoms with van der Waals surface area (Å²) in [5, 5.41) is 0. The highest BCUT2D eigenvalue weighted by Crippen LogP contribution is 2.56. The lowest BCUT2D eigenvalue weighted by Crippen LogP contribution is -2.41. The molecule has 0 aliphatic heterocycles. The maximum Gasteiger partial charge on any atom is 0.146 e. The van der Waals surface area contributed by atoms with Crippen molar-refractivity contribution in [3.63, 3.8) is 0 Å². The number of Topliss-reactive ketones (excluding diaryl/α,β-unsaturated/α-hetero) is 1. The third-order valence-corrected chi connectivity index (χ3v) is 8.02. The Labute approximate surface area is 176 Å². The van der Waals surface area contributed by atoms with Gasteiger partial charge in [-0.25, -0.2) is 0 Å². The smallest absolute Gasteiger partial charge is 0.146 e. The molecule has 1 aromatic carbocycles. The van der Waals surface area contributed by atoms with E-state index in [0.717, 1.165) is 19.3 Å². The van der Waals surface area contributed by atoms with E-state index in [1.807, 2.05) is 6.07 Å². The summed E-state index contributed by atoms with van der Waals surface area (Å²) in [5.74, 6) is 1.58. The normalized spacial score (nSPS) is 40.4. The van der Waals surface area contributed by atoms with E-state index in [9.17, 15) is 4.79 Å². The first-order chi connectivity index (χ1) is 13.7. The van der Waals surface area contributed by atoms with Gasteiger partial charge in [-0.05, 0) is 61.8 Å². The van der Waals surface area contributed by atoms with Crippen molar-refractivity contribution in [1.82, 2.24) is 0 Å². The van der Waals surface area contributed by atoms with Crippen molar-refractivity contribution in [2.75, 3.05) is 0 Å². The second-order valence-electron chi connectivity index (χ2n) is 10.6. The fourth-order valence-corrected chi connectivity index (χ4v) is 6.34. The zero-order chi connectivity index (χ0) is 20.8. The van der Waals surface area contributed by atoms with Gasteiger partial charge in [-0.3, -0.25) is 4.79 Å². The molecular weight excluding hydrogens is 356 g/mol. The number of carbonyl (C=O) groups is 1. The van der Waals surface area contributed by atoms with Crippen LogP contribution in [-0.4, -0.2) is 11.9 Å². The lowest BCUT2D eigenvalue weighted by molar-refractivity contribution is -0.135. The van der Waals surface area contributed by atoms with Gasteiger partial charge in [-0.15, -0.1) is 0 Å². The number of ether oxygens (including phenoxy) is 1. The number of hydrogen-bond acceptors (Lipinski definition) is 2. The van der Waals surface area contributed by atoms with Gasteiger partial charge in [-0.1, -0.05) is 74.9 Å². The van der Waals surface area contributed by atoms with Crippen molar-refractivity contribution in [2.45, 2.75) is 66.6 Å². The molecule has 1 fully saturated rings. The van der Waals surface area contributed by atoms with Gasteiger partial charge in [0, 0.05) is 11.3 Å². The average Bonchev–Trinajstić information content (AvgIpc) is 3.12. The molecule has 0 unspecified atom stereocenters. The van der Waals surface area contributed by atoms with Crippen molar-refractivity contribution >= 4 is 5.78 Å². The zero-order valence-electron chi connectivity index (χ0n) is 18.7. The minimum Gasteiger partial charge on any atom is -0.373 e. The molecule has 0 aromatic heterocycles. The highest BCUT2D eigenvalue weighted by atomic mass is 16.5. The van der Waals surface area contributed by atoms with Crippen LogP contribution >= 0.6 is 0 Å². The molecule has 0 saturated heterocycles. The number of ketones is 1. The number of benzene rings is 1. The fourth-order valence-electron chi connectivity index (χ4n) is 6.34. The van der Waals surface area contributed by atoms with E-state index in [0.29, 0.717) is 24.2 Å². The quantitative estimate of drug-likeness (QED) is 0.559. The Morgan fingerprint density at radius 2 is 1.83 bits per heavy atom. The SMILES string of the molecule is C/C1=C/C[C@@H]2C(C)(C)C=C[C@@]2(C)C(=O)[C@H]2C[C@@H](C)[C@H](OCc3ccccc3)[C@H]2C1. The van der Waals surface area contributed by atoms with E-state index in [4.69, 9.17) is 4.74 Å². The summed E-state index contributed by atoms with van der Waals surface area (Å²) in [7, 11) is 0. The third-order valence-electron chi connectivity index (χ3n) is 8.02. The van der Waals surface area contributed by atoms with Gasteiger partial charge in [0.25, 0.3) is 0 Å². The van der Waals surface area contributed by atoms with Gasteiger partial charge < -0.3 is 4.74 Å². The molecule has 0 radical (unpaired) electrons. The van der Waals surface area contributed by atoms with Crippen molar-refractivity contribution in [2.24, 2.45) is 34.5 Å². The lowest BCUT2D eigenvalue weighted by Gasteiger charge is -2.38. The predicted octanol–water partition coefficient (Wildman–Crippen LogP) is 6.37. The Hall–Kier alpha value is -1.67. The van der Waals surface area contributed by atoms with E-state index in [2.05, 4.69) is 77.1 Å². The zero-order valence-corrected chi connectivity index (χ0v) is 18.7. The molecule has 1 aromatic rings. The number of fused-ring (bicyclic) bond motifs is 2. The fraction of sp³-hybridized carbons (Fsp3) is 0.593. The van der Waals surface area contributed by atoms with E-state index >= 15 is 0 Å². The van der Waals surface area contributed by atoms with Crippen LogP contribution in [0.5, 0.6) is 0 Å². The predicted molar refractivity (Wildman–Crippen MR) is 118 cm³/mol. The molecule has 156 valence electrons. The third kappa shape index (κ3) is 3.65. The molecule has 0 heterocycles. The number of rotatable bonds is 3. The van der Waals surface area contributed by atoms with Crippen LogP contribution < -0.4 is 0 Å². The lowest BCUT2D eigenvalue weighted by atomic mass is 9.64. The summed E-state index contributed by atoms with van der Waals surface area (Å²) in [5.41, 5.74) is 2.33. The van der Waals surface area contributed by atoms with Crippen LogP contribution in [0.15, 0.2) is 54.1 Å². The molecule has 6 atom stereocenters. The maximum absolute atomic E-state index is 14.0. The standard InChI is InChI=1S/C27H36O2/c1-18-11-12-23-26(3,4)13-14-27(23,5)25(28)22-16-19(2)24(21(22)15-18)29-17-20-9-7-6-8-10-20/h6-11,13-14,19,21-24H,12,15-17H2,1-5H3/b18-11-/t19-,21+,22+,23-,24+,27-/m1/s1. The summed E-state index contributed by atoms with van der Waals surface area (Å²) in [4.78, 5) is 14.0. The Morgan fingerprint density at radius 1 is 1.10 bits per heavy atom. The monoisotopic (exact) mass is 392 g/mol. The summed E-state index contributed by atoms with van der Waals surface area (Å²) in [6.07, 6.45) is 9.99. The average molecular weight is 393 g/mol. The molecule has 0 amide bonds. The first-order valence-electron chi connectivity index (χ1n) is 11.3. The van der Waals surface area contributed by atoms with E-state index in [1.165, 1.54) is 11.1 Å². The minimum atomic E-state index is -0.360. The number of allylic oxidation sites excluding steroid dienone is 4. The molecule has 0 spiro atoms. The molecule has 2 nitrogen and oxygen atoms in total. The van der Waals surface area contributed by atoms with Crippen molar-refractivity contribution < 1.29 is 9.53 Å². The molecule has 0 bridgehead atoms. The maximum atomic E-state index is 14.0. The van der Waals surface area contributed by atoms with Crippen LogP contribution in [0.25, 0.3) is 0 Å². The summed E-state index contributed by atoms with van der Waals surface area (Å²) < 4.78 is 6.49. The molecule has 3 aliphatic rings. The summed E-state index contributed by atoms with van der Waals surface area (Å²) >= 11 is 0. The Kier molecular flexibility index (Phi) is 5.36. The molecule has 2 heteroatoms. The molecule has 4 rings (SSSR count). The highest BCUT2D eigenvalue weighted by Gasteiger charge is 2.55. The molecule has 3 aliphatic carbocycles. The second kappa shape index (κ2) is 7.54. The van der Waals surface area contributed by atoms with Crippen LogP contribution in [0.3, 0.4) is 0 Å². The van der Waals surface area contributed by atoms with Crippen molar-refractivity contribution in [3.05, 3.63) is 59.7 Å².